The van der Waals surface area contributed by atoms with Crippen LogP contribution in [-0.2, 0) is 49.3 Å². The molecular formula is C60H77N3O17. The van der Waals surface area contributed by atoms with Crippen molar-refractivity contribution in [3.05, 3.63) is 101 Å². The van der Waals surface area contributed by atoms with Crippen molar-refractivity contribution < 1.29 is 80.9 Å². The summed E-state index contributed by atoms with van der Waals surface area (Å²) in [6, 6.07) is 22.4. The van der Waals surface area contributed by atoms with Crippen LogP contribution in [0.25, 0.3) is 0 Å². The van der Waals surface area contributed by atoms with E-state index in [1.165, 1.54) is 21.3 Å². The van der Waals surface area contributed by atoms with Gasteiger partial charge in [0, 0.05) is 19.5 Å². The molecule has 0 saturated carbocycles. The predicted molar refractivity (Wildman–Crippen MR) is 294 cm³/mol. The number of nitrogens with one attached hydrogen (secondary N) is 1. The second-order valence-corrected chi connectivity index (χ2v) is 20.1. The van der Waals surface area contributed by atoms with Gasteiger partial charge in [-0.3, -0.25) is 19.2 Å². The first-order valence-corrected chi connectivity index (χ1v) is 27.0. The molecule has 0 radical (unpaired) electrons. The number of esters is 1. The van der Waals surface area contributed by atoms with Crippen LogP contribution < -0.4 is 38.5 Å². The third-order valence-corrected chi connectivity index (χ3v) is 13.6. The predicted octanol–water partition coefficient (Wildman–Crippen LogP) is 8.30. The van der Waals surface area contributed by atoms with E-state index < -0.39 is 53.5 Å². The molecule has 80 heavy (non-hydrogen) atoms. The molecule has 2 saturated heterocycles. The van der Waals surface area contributed by atoms with Gasteiger partial charge in [-0.05, 0) is 137 Å². The molecule has 5 amide bonds. The van der Waals surface area contributed by atoms with Crippen molar-refractivity contribution in [2.75, 3.05) is 88.3 Å². The van der Waals surface area contributed by atoms with E-state index in [1.807, 2.05) is 31.2 Å². The molecular weight excluding hydrogens is 1030 g/mol. The molecule has 4 atom stereocenters. The zero-order valence-corrected chi connectivity index (χ0v) is 47.5. The fraction of sp³-hybridized carbons (Fsp3) is 0.500. The van der Waals surface area contributed by atoms with Crippen molar-refractivity contribution >= 4 is 35.7 Å². The van der Waals surface area contributed by atoms with E-state index in [2.05, 4.69) is 5.32 Å². The fourth-order valence-electron chi connectivity index (χ4n) is 9.54. The van der Waals surface area contributed by atoms with E-state index in [-0.39, 0.29) is 64.2 Å². The Labute approximate surface area is 468 Å². The van der Waals surface area contributed by atoms with Gasteiger partial charge in [0.1, 0.15) is 35.9 Å². The van der Waals surface area contributed by atoms with Crippen LogP contribution in [0.15, 0.2) is 78.9 Å². The Hall–Kier alpha value is -7.58. The van der Waals surface area contributed by atoms with Gasteiger partial charge >= 0.3 is 12.1 Å². The van der Waals surface area contributed by atoms with Crippen LogP contribution in [-0.4, -0.2) is 145 Å². The van der Waals surface area contributed by atoms with Gasteiger partial charge in [-0.25, -0.2) is 9.59 Å². The van der Waals surface area contributed by atoms with Crippen LogP contribution in [0, 0.1) is 0 Å². The van der Waals surface area contributed by atoms with Gasteiger partial charge in [-0.2, -0.15) is 4.90 Å². The SMILES string of the molecule is CC[C@H](C(=O)N1CCCC[C@H]1C(=O)O[C@H](CCc1ccc(OC)c(OC)c1)c1cccc(OCC(=O)NCCOCCOCCOc2ccc(C3CCC(=O)N(C(=O)OC(C)(C)C)C3=O)cc2)c1)c1cc(OC)c(OC)c(OC)c1. The van der Waals surface area contributed by atoms with E-state index >= 15 is 0 Å². The monoisotopic (exact) mass is 1110 g/mol. The van der Waals surface area contributed by atoms with Gasteiger partial charge in [0.05, 0.1) is 73.8 Å². The molecule has 4 aromatic rings. The van der Waals surface area contributed by atoms with Crippen LogP contribution in [0.1, 0.15) is 113 Å². The number of rotatable bonds is 28. The molecule has 2 heterocycles. The maximum absolute atomic E-state index is 14.5. The molecule has 434 valence electrons. The molecule has 1 unspecified atom stereocenters. The molecule has 0 aromatic heterocycles. The Kier molecular flexibility index (Phi) is 23.2. The first kappa shape index (κ1) is 61.6. The lowest BCUT2D eigenvalue weighted by Crippen LogP contribution is -2.50. The largest absolute Gasteiger partial charge is 0.493 e. The normalized spacial score (nSPS) is 16.2. The topological polar surface area (TPSA) is 222 Å². The average molecular weight is 1110 g/mol. The summed E-state index contributed by atoms with van der Waals surface area (Å²) in [6.45, 7) is 8.63. The van der Waals surface area contributed by atoms with Gasteiger partial charge < -0.3 is 62.3 Å². The number of nitrogens with zero attached hydrogens (tertiary/aromatic N) is 2. The van der Waals surface area contributed by atoms with Crippen LogP contribution in [0.2, 0.25) is 0 Å². The zero-order valence-electron chi connectivity index (χ0n) is 47.5. The number of likely N-dealkylation sites (tertiary alicyclic amines) is 2. The molecule has 6 rings (SSSR count). The number of carbonyl (C=O) groups excluding carboxylic acids is 6. The number of methoxy groups -OCH3 is 5. The third kappa shape index (κ3) is 17.0. The van der Waals surface area contributed by atoms with Crippen molar-refractivity contribution in [3.8, 4) is 40.2 Å². The summed E-state index contributed by atoms with van der Waals surface area (Å²) in [6.07, 6.45) is 1.85. The van der Waals surface area contributed by atoms with Gasteiger partial charge in [0.15, 0.2) is 29.6 Å². The number of hydrogen-bond acceptors (Lipinski definition) is 17. The van der Waals surface area contributed by atoms with Crippen molar-refractivity contribution in [1.82, 2.24) is 15.1 Å². The number of aryl methyl sites for hydroxylation is 1. The highest BCUT2D eigenvalue weighted by atomic mass is 16.6. The van der Waals surface area contributed by atoms with Gasteiger partial charge in [0.25, 0.3) is 5.91 Å². The van der Waals surface area contributed by atoms with E-state index in [0.29, 0.717) is 101 Å². The van der Waals surface area contributed by atoms with Gasteiger partial charge in [0.2, 0.25) is 23.5 Å². The minimum atomic E-state index is -0.969. The Bertz CT molecular complexity index is 2700. The van der Waals surface area contributed by atoms with Gasteiger partial charge in [-0.15, -0.1) is 0 Å². The standard InChI is InChI=1S/C60H77N3O17/c1-10-45(42-36-51(72-7)55(74-9)52(37-42)73-8)56(66)62-28-12-11-16-47(62)58(68)79-48(24-17-39-18-25-49(70-5)50(34-39)71-6)41-14-13-15-44(35-41)78-38-53(64)61-27-29-75-30-31-76-32-33-77-43-21-19-40(20-22-43)46-23-26-54(65)63(57(46)67)59(69)80-60(2,3)4/h13-15,18-22,25,34-37,45-48H,10-12,16-17,23-24,26-33,38H2,1-9H3,(H,61,64)/t45-,46?,47-,48+/m0/s1. The van der Waals surface area contributed by atoms with Crippen LogP contribution in [0.3, 0.4) is 0 Å². The first-order valence-electron chi connectivity index (χ1n) is 27.0. The lowest BCUT2D eigenvalue weighted by atomic mass is 9.89. The average Bonchev–Trinajstić information content (AvgIpc) is 3.51. The smallest absolute Gasteiger partial charge is 0.424 e. The lowest BCUT2D eigenvalue weighted by Gasteiger charge is -2.37. The summed E-state index contributed by atoms with van der Waals surface area (Å²) < 4.78 is 62.4. The summed E-state index contributed by atoms with van der Waals surface area (Å²) >= 11 is 0. The Morgan fingerprint density at radius 2 is 1.39 bits per heavy atom. The number of benzene rings is 4. The van der Waals surface area contributed by atoms with E-state index in [1.54, 1.807) is 94.5 Å². The Balaban J connectivity index is 0.968. The summed E-state index contributed by atoms with van der Waals surface area (Å²) in [5, 5.41) is 2.79. The Morgan fingerprint density at radius 3 is 2.05 bits per heavy atom. The summed E-state index contributed by atoms with van der Waals surface area (Å²) in [5.74, 6) is -0.153. The van der Waals surface area contributed by atoms with Crippen LogP contribution >= 0.6 is 0 Å². The zero-order chi connectivity index (χ0) is 57.8. The third-order valence-electron chi connectivity index (χ3n) is 13.6. The molecule has 20 nitrogen and oxygen atoms in total. The van der Waals surface area contributed by atoms with E-state index in [0.717, 1.165) is 18.4 Å². The van der Waals surface area contributed by atoms with Crippen LogP contribution in [0.5, 0.6) is 40.2 Å². The summed E-state index contributed by atoms with van der Waals surface area (Å²) in [5.41, 5.74) is 2.05. The lowest BCUT2D eigenvalue weighted by molar-refractivity contribution is -0.162. The Morgan fingerprint density at radius 1 is 0.700 bits per heavy atom. The maximum Gasteiger partial charge on any atom is 0.424 e. The fourth-order valence-corrected chi connectivity index (χ4v) is 9.54. The highest BCUT2D eigenvalue weighted by Crippen LogP contribution is 2.42. The first-order chi connectivity index (χ1) is 38.5. The molecule has 4 aromatic carbocycles. The van der Waals surface area contributed by atoms with Crippen molar-refractivity contribution in [1.29, 1.82) is 0 Å². The molecule has 0 bridgehead atoms. The van der Waals surface area contributed by atoms with E-state index in [4.69, 9.17) is 52.1 Å². The number of hydrogen-bond donors (Lipinski definition) is 1. The minimum absolute atomic E-state index is 0.0439. The molecule has 0 aliphatic carbocycles. The van der Waals surface area contributed by atoms with Crippen LogP contribution in [0.4, 0.5) is 4.79 Å². The summed E-state index contributed by atoms with van der Waals surface area (Å²) in [4.78, 5) is 82.3. The highest BCUT2D eigenvalue weighted by molar-refractivity contribution is 6.12. The number of piperidine rings is 2. The second-order valence-electron chi connectivity index (χ2n) is 20.1. The quantitative estimate of drug-likeness (QED) is 0.0321. The number of imide groups is 3. The highest BCUT2D eigenvalue weighted by Gasteiger charge is 2.42. The molecule has 2 fully saturated rings. The molecule has 2 aliphatic heterocycles. The maximum atomic E-state index is 14.5. The number of ether oxygens (including phenoxy) is 11. The van der Waals surface area contributed by atoms with Crippen molar-refractivity contribution in [2.24, 2.45) is 0 Å². The summed E-state index contributed by atoms with van der Waals surface area (Å²) in [7, 11) is 7.70. The number of amides is 5. The van der Waals surface area contributed by atoms with E-state index in [9.17, 15) is 28.8 Å². The second kappa shape index (κ2) is 30.1. The van der Waals surface area contributed by atoms with Crippen molar-refractivity contribution in [3.63, 3.8) is 0 Å². The molecule has 2 aliphatic rings. The molecule has 20 heteroatoms. The van der Waals surface area contributed by atoms with Gasteiger partial charge in [-0.1, -0.05) is 37.3 Å². The van der Waals surface area contributed by atoms with Crippen molar-refractivity contribution in [2.45, 2.75) is 109 Å². The number of carbonyl (C=O) groups is 6. The molecule has 0 spiro atoms. The molecule has 1 N–H and O–H groups in total. The minimum Gasteiger partial charge on any atom is -0.493 e.